The van der Waals surface area contributed by atoms with E-state index < -0.39 is 17.2 Å². The third-order valence-corrected chi connectivity index (χ3v) is 5.35. The quantitative estimate of drug-likeness (QED) is 0.508. The smallest absolute Gasteiger partial charge is 0.400 e. The first-order valence-electron chi connectivity index (χ1n) is 9.43. The molecule has 1 heterocycles. The largest absolute Gasteiger partial charge is 0.416 e. The Kier molecular flexibility index (Phi) is 6.85. The minimum Gasteiger partial charge on any atom is -0.400 e. The molecule has 0 aromatic heterocycles. The number of amides is 1. The fourth-order valence-corrected chi connectivity index (χ4v) is 4.00. The molecular weight excluding hydrogens is 383 g/mol. The van der Waals surface area contributed by atoms with Crippen molar-refractivity contribution in [2.24, 2.45) is 11.6 Å². The summed E-state index contributed by atoms with van der Waals surface area (Å²) in [5.41, 5.74) is 6.07. The summed E-state index contributed by atoms with van der Waals surface area (Å²) in [5, 5.41) is 4.75. The molecule has 1 aromatic carbocycles. The van der Waals surface area contributed by atoms with Gasteiger partial charge in [-0.25, -0.2) is 5.84 Å². The lowest BCUT2D eigenvalue weighted by Crippen LogP contribution is -2.54. The zero-order valence-corrected chi connectivity index (χ0v) is 17.3. The van der Waals surface area contributed by atoms with E-state index in [2.05, 4.69) is 5.32 Å². The molecule has 1 saturated heterocycles. The summed E-state index contributed by atoms with van der Waals surface area (Å²) in [6, 6.07) is 4.85. The number of alkyl halides is 3. The van der Waals surface area contributed by atoms with Crippen LogP contribution < -0.4 is 16.9 Å². The number of halogens is 3. The Morgan fingerprint density at radius 3 is 2.34 bits per heavy atom. The van der Waals surface area contributed by atoms with Crippen LogP contribution in [0, 0.1) is 0 Å². The normalized spacial score (nSPS) is 25.6. The van der Waals surface area contributed by atoms with Crippen molar-refractivity contribution in [1.82, 2.24) is 15.2 Å². The number of rotatable bonds is 5. The Morgan fingerprint density at radius 1 is 1.28 bits per heavy atom. The van der Waals surface area contributed by atoms with Crippen molar-refractivity contribution in [3.8, 4) is 0 Å². The molecule has 1 aromatic rings. The first-order chi connectivity index (χ1) is 13.3. The molecule has 5 N–H and O–H groups in total. The highest BCUT2D eigenvalue weighted by molar-refractivity contribution is 5.77. The number of nitrogens with zero attached hydrogens (tertiary/aromatic N) is 2. The van der Waals surface area contributed by atoms with E-state index in [0.717, 1.165) is 12.1 Å². The van der Waals surface area contributed by atoms with Crippen molar-refractivity contribution in [1.29, 1.82) is 0 Å². The van der Waals surface area contributed by atoms with Crippen molar-refractivity contribution in [3.63, 3.8) is 0 Å². The molecule has 3 atom stereocenters. The van der Waals surface area contributed by atoms with Gasteiger partial charge in [0.1, 0.15) is 0 Å². The summed E-state index contributed by atoms with van der Waals surface area (Å²) in [4.78, 5) is 14.1. The topological polar surface area (TPSA) is 87.6 Å². The summed E-state index contributed by atoms with van der Waals surface area (Å²) in [6.07, 6.45) is -1.56. The highest BCUT2D eigenvalue weighted by Crippen LogP contribution is 2.42. The van der Waals surface area contributed by atoms with Gasteiger partial charge in [-0.2, -0.15) is 13.2 Å². The van der Waals surface area contributed by atoms with Gasteiger partial charge in [0, 0.05) is 58.4 Å². The lowest BCUT2D eigenvalue weighted by Gasteiger charge is -2.45. The second-order valence-electron chi connectivity index (χ2n) is 8.14. The minimum absolute atomic E-state index is 0. The lowest BCUT2D eigenvalue weighted by molar-refractivity contribution is -0.137. The molecule has 2 rings (SSSR count). The minimum atomic E-state index is -4.41. The van der Waals surface area contributed by atoms with Gasteiger partial charge in [0.25, 0.3) is 0 Å². The molecule has 1 fully saturated rings. The first-order valence-corrected chi connectivity index (χ1v) is 9.43. The van der Waals surface area contributed by atoms with Gasteiger partial charge in [-0.15, -0.1) is 0 Å². The zero-order valence-electron chi connectivity index (χ0n) is 17.3. The van der Waals surface area contributed by atoms with E-state index in [-0.39, 0.29) is 25.8 Å². The number of carbonyl (C=O) groups is 1. The number of nitrogens with two attached hydrogens (primary N) is 2. The van der Waals surface area contributed by atoms with Crippen molar-refractivity contribution < 1.29 is 19.4 Å². The van der Waals surface area contributed by atoms with Gasteiger partial charge in [-0.05, 0) is 37.5 Å². The van der Waals surface area contributed by atoms with Crippen LogP contribution in [0.3, 0.4) is 0 Å². The highest BCUT2D eigenvalue weighted by Gasteiger charge is 2.43. The Hall–Kier alpha value is -2.26. The van der Waals surface area contributed by atoms with Gasteiger partial charge in [0.2, 0.25) is 5.91 Å². The molecule has 6 nitrogen and oxygen atoms in total. The fraction of sp³-hybridized carbons (Fsp3) is 0.550. The van der Waals surface area contributed by atoms with Crippen LogP contribution in [0.1, 0.15) is 38.7 Å². The molecule has 0 saturated carbocycles. The van der Waals surface area contributed by atoms with Crippen LogP contribution >= 0.6 is 0 Å². The molecule has 0 radical (unpaired) electrons. The van der Waals surface area contributed by atoms with Gasteiger partial charge in [0.05, 0.1) is 5.56 Å². The van der Waals surface area contributed by atoms with Crippen molar-refractivity contribution in [3.05, 3.63) is 47.3 Å². The number of carbonyl (C=O) groups excluding carboxylic acids is 1. The molecule has 1 amide bonds. The summed E-state index contributed by atoms with van der Waals surface area (Å²) in [7, 11) is 4.99. The number of hydrogen-bond acceptors (Lipinski definition) is 5. The molecule has 1 aliphatic rings. The second-order valence-corrected chi connectivity index (χ2v) is 8.14. The van der Waals surface area contributed by atoms with Crippen molar-refractivity contribution in [2.45, 2.75) is 49.9 Å². The van der Waals surface area contributed by atoms with Crippen molar-refractivity contribution >= 4 is 5.91 Å². The Balaban J connectivity index is 0.00000450. The summed E-state index contributed by atoms with van der Waals surface area (Å²) in [5.74, 6) is 5.59. The van der Waals surface area contributed by atoms with E-state index in [0.29, 0.717) is 24.1 Å². The SMILES string of the molecule is C[C@H]1C[C@@](CC(=O)N(C)C)(c2ccc(C(F)(F)F)cc2)C[C@@H](/C(N)=C/N(C)N)N1.[HH]. The van der Waals surface area contributed by atoms with Gasteiger partial charge in [-0.3, -0.25) is 4.79 Å². The van der Waals surface area contributed by atoms with E-state index in [1.807, 2.05) is 6.92 Å². The molecule has 1 aliphatic heterocycles. The van der Waals surface area contributed by atoms with Crippen molar-refractivity contribution in [2.75, 3.05) is 21.1 Å². The second kappa shape index (κ2) is 8.62. The molecular formula is C20H32F3N5O. The third kappa shape index (κ3) is 5.63. The number of nitrogens with one attached hydrogen (secondary N) is 1. The highest BCUT2D eigenvalue weighted by atomic mass is 19.4. The average molecular weight is 416 g/mol. The number of piperidine rings is 1. The monoisotopic (exact) mass is 415 g/mol. The maximum Gasteiger partial charge on any atom is 0.416 e. The lowest BCUT2D eigenvalue weighted by atomic mass is 9.66. The fourth-order valence-electron chi connectivity index (χ4n) is 4.00. The van der Waals surface area contributed by atoms with E-state index >= 15 is 0 Å². The van der Waals surface area contributed by atoms with Gasteiger partial charge >= 0.3 is 6.18 Å². The van der Waals surface area contributed by atoms with Gasteiger partial charge in [0.15, 0.2) is 0 Å². The van der Waals surface area contributed by atoms with E-state index in [4.69, 9.17) is 11.6 Å². The van der Waals surface area contributed by atoms with Crippen LogP contribution in [0.4, 0.5) is 13.2 Å². The Bertz CT molecular complexity index is 752. The average Bonchev–Trinajstić information content (AvgIpc) is 2.59. The van der Waals surface area contributed by atoms with Gasteiger partial charge < -0.3 is 21.0 Å². The van der Waals surface area contributed by atoms with E-state index in [9.17, 15) is 18.0 Å². The third-order valence-electron chi connectivity index (χ3n) is 5.35. The molecule has 0 unspecified atom stereocenters. The van der Waals surface area contributed by atoms with Crippen LogP contribution in [0.25, 0.3) is 0 Å². The molecule has 164 valence electrons. The van der Waals surface area contributed by atoms with Crippen LogP contribution in [-0.4, -0.2) is 49.0 Å². The molecule has 0 bridgehead atoms. The molecule has 9 heteroatoms. The number of hydrogen-bond donors (Lipinski definition) is 3. The molecule has 0 aliphatic carbocycles. The van der Waals surface area contributed by atoms with Crippen LogP contribution in [0.5, 0.6) is 0 Å². The summed E-state index contributed by atoms with van der Waals surface area (Å²) in [6.45, 7) is 1.98. The first kappa shape index (κ1) is 23.0. The maximum atomic E-state index is 13.0. The Labute approximate surface area is 171 Å². The predicted octanol–water partition coefficient (Wildman–Crippen LogP) is 2.41. The summed E-state index contributed by atoms with van der Waals surface area (Å²) < 4.78 is 39.0. The summed E-state index contributed by atoms with van der Waals surface area (Å²) >= 11 is 0. The van der Waals surface area contributed by atoms with Gasteiger partial charge in [-0.1, -0.05) is 12.1 Å². The number of benzene rings is 1. The number of hydrazine groups is 1. The van der Waals surface area contributed by atoms with E-state index in [1.54, 1.807) is 27.3 Å². The zero-order chi connectivity index (χ0) is 22.0. The van der Waals surface area contributed by atoms with E-state index in [1.165, 1.54) is 22.0 Å². The molecule has 0 spiro atoms. The van der Waals surface area contributed by atoms with Crippen LogP contribution in [0.2, 0.25) is 0 Å². The standard InChI is InChI=1S/C20H30F3N5O.H2/c1-13-9-19(11-18(29)27(2)3,10-17(26-13)16(24)12-28(4)25)14-5-7-15(8-6-14)20(21,22)23;/h5-8,12-13,17,26H,9-11,24-25H2,1-4H3;1H/b16-12-;/t13-,17-,19+;/m0./s1. The predicted molar refractivity (Wildman–Crippen MR) is 108 cm³/mol. The maximum absolute atomic E-state index is 13.0. The van der Waals surface area contributed by atoms with Crippen LogP contribution in [-0.2, 0) is 16.4 Å². The van der Waals surface area contributed by atoms with Crippen LogP contribution in [0.15, 0.2) is 36.2 Å². The molecule has 29 heavy (non-hydrogen) atoms. The Morgan fingerprint density at radius 2 is 1.86 bits per heavy atom.